The molecule has 38 heavy (non-hydrogen) atoms. The van der Waals surface area contributed by atoms with Crippen molar-refractivity contribution in [1.82, 2.24) is 24.1 Å². The Morgan fingerprint density at radius 2 is 1.34 bits per heavy atom. The third-order valence-electron chi connectivity index (χ3n) is 7.12. The van der Waals surface area contributed by atoms with Crippen molar-refractivity contribution >= 4 is 75.2 Å². The number of aryl methyl sites for hydroxylation is 1. The Bertz CT molecular complexity index is 1440. The molecule has 0 spiro atoms. The first-order valence-electron chi connectivity index (χ1n) is 13.0. The van der Waals surface area contributed by atoms with Crippen molar-refractivity contribution < 1.29 is 18.0 Å². The molecule has 0 radical (unpaired) electrons. The van der Waals surface area contributed by atoms with Crippen LogP contribution in [0.25, 0.3) is 20.4 Å². The number of likely N-dealkylation sites (tertiary alicyclic amines) is 1. The lowest BCUT2D eigenvalue weighted by molar-refractivity contribution is -0.131. The molecular weight excluding hydrogens is 547 g/mol. The first-order valence-corrected chi connectivity index (χ1v) is 16.2. The first kappa shape index (κ1) is 27.0. The number of fused-ring (bicyclic) bond motifs is 2. The molecule has 2 aliphatic heterocycles. The molecule has 206 valence electrons. The predicted molar refractivity (Wildman–Crippen MR) is 153 cm³/mol. The number of hydrogen-bond donors (Lipinski definition) is 2. The Labute approximate surface area is 230 Å². The lowest BCUT2D eigenvalue weighted by atomic mass is 10.1. The normalized spacial score (nSPS) is 17.3. The van der Waals surface area contributed by atoms with E-state index >= 15 is 0 Å². The fourth-order valence-corrected chi connectivity index (χ4v) is 7.93. The van der Waals surface area contributed by atoms with Crippen molar-refractivity contribution in [3.63, 3.8) is 0 Å². The number of carbonyl (C=O) groups is 2. The number of piperazine rings is 1. The van der Waals surface area contributed by atoms with Gasteiger partial charge in [-0.25, -0.2) is 18.4 Å². The zero-order chi connectivity index (χ0) is 26.9. The molecule has 5 rings (SSSR count). The standard InChI is InChI=1S/C24H33N7O4S3/c1-3-38(34,35)31-11-9-30(10-12-31)20(33)15-26-24-28-22-16(2)21-17(13-18(22)37-24)36-23(27-21)25-14-19(32)29-7-5-4-6-8-29/h13H,3-12,14-15H2,1-2H3,(H,25,27)(H,26,28). The van der Waals surface area contributed by atoms with Gasteiger partial charge in [-0.3, -0.25) is 9.59 Å². The molecule has 2 aromatic heterocycles. The van der Waals surface area contributed by atoms with E-state index in [0.29, 0.717) is 31.3 Å². The lowest BCUT2D eigenvalue weighted by Gasteiger charge is -2.33. The second-order valence-corrected chi connectivity index (χ2v) is 13.9. The summed E-state index contributed by atoms with van der Waals surface area (Å²) in [6.45, 7) is 7.08. The Morgan fingerprint density at radius 1 is 0.842 bits per heavy atom. The number of rotatable bonds is 8. The smallest absolute Gasteiger partial charge is 0.242 e. The summed E-state index contributed by atoms with van der Waals surface area (Å²) in [5, 5.41) is 7.73. The minimum absolute atomic E-state index is 0.0724. The number of nitrogens with zero attached hydrogens (tertiary/aromatic N) is 5. The second-order valence-electron chi connectivity index (χ2n) is 9.56. The van der Waals surface area contributed by atoms with Crippen molar-refractivity contribution in [3.8, 4) is 0 Å². The van der Waals surface area contributed by atoms with Crippen molar-refractivity contribution in [3.05, 3.63) is 11.6 Å². The molecule has 11 nitrogen and oxygen atoms in total. The number of piperidine rings is 1. The van der Waals surface area contributed by atoms with Crippen LogP contribution in [-0.2, 0) is 19.6 Å². The highest BCUT2D eigenvalue weighted by molar-refractivity contribution is 7.89. The zero-order valence-electron chi connectivity index (χ0n) is 21.7. The maximum atomic E-state index is 12.7. The van der Waals surface area contributed by atoms with E-state index in [4.69, 9.17) is 9.97 Å². The molecule has 2 fully saturated rings. The third-order valence-corrected chi connectivity index (χ3v) is 10.9. The average Bonchev–Trinajstić information content (AvgIpc) is 3.55. The Balaban J connectivity index is 1.19. The molecule has 0 unspecified atom stereocenters. The van der Waals surface area contributed by atoms with Crippen molar-refractivity contribution in [2.24, 2.45) is 0 Å². The molecule has 2 amide bonds. The van der Waals surface area contributed by atoms with Crippen LogP contribution in [-0.4, -0.2) is 102 Å². The summed E-state index contributed by atoms with van der Waals surface area (Å²) in [5.74, 6) is 0.108. The molecule has 0 bridgehead atoms. The lowest BCUT2D eigenvalue weighted by Crippen LogP contribution is -2.52. The van der Waals surface area contributed by atoms with Gasteiger partial charge in [0, 0.05) is 44.8 Å². The van der Waals surface area contributed by atoms with Crippen molar-refractivity contribution in [2.45, 2.75) is 33.1 Å². The molecule has 14 heteroatoms. The summed E-state index contributed by atoms with van der Waals surface area (Å²) in [4.78, 5) is 38.2. The van der Waals surface area contributed by atoms with E-state index in [9.17, 15) is 18.0 Å². The molecule has 0 saturated carbocycles. The molecule has 3 aromatic rings. The summed E-state index contributed by atoms with van der Waals surface area (Å²) < 4.78 is 27.6. The van der Waals surface area contributed by atoms with Crippen LogP contribution in [0.2, 0.25) is 0 Å². The number of thiazole rings is 2. The van der Waals surface area contributed by atoms with Gasteiger partial charge in [0.05, 0.1) is 39.3 Å². The monoisotopic (exact) mass is 579 g/mol. The summed E-state index contributed by atoms with van der Waals surface area (Å²) >= 11 is 3.01. The highest BCUT2D eigenvalue weighted by Crippen LogP contribution is 2.37. The number of nitrogens with one attached hydrogen (secondary N) is 2. The topological polar surface area (TPSA) is 128 Å². The van der Waals surface area contributed by atoms with E-state index in [0.717, 1.165) is 57.1 Å². The average molecular weight is 580 g/mol. The quantitative estimate of drug-likeness (QED) is 0.417. The minimum atomic E-state index is -3.22. The Kier molecular flexibility index (Phi) is 8.03. The molecule has 2 N–H and O–H groups in total. The van der Waals surface area contributed by atoms with Crippen molar-refractivity contribution in [2.75, 3.05) is 68.7 Å². The highest BCUT2D eigenvalue weighted by Gasteiger charge is 2.27. The number of sulfonamides is 1. The SMILES string of the molecule is CCS(=O)(=O)N1CCN(C(=O)CNc2nc3c(C)c4nc(NCC(=O)N5CCCCC5)sc4cc3s2)CC1. The molecular formula is C24H33N7O4S3. The van der Waals surface area contributed by atoms with E-state index in [1.807, 2.05) is 11.8 Å². The molecule has 4 heterocycles. The maximum Gasteiger partial charge on any atom is 0.242 e. The van der Waals surface area contributed by atoms with Gasteiger partial charge >= 0.3 is 0 Å². The second kappa shape index (κ2) is 11.3. The fraction of sp³-hybridized carbons (Fsp3) is 0.583. The number of anilines is 2. The first-order chi connectivity index (χ1) is 18.2. The van der Waals surface area contributed by atoms with Gasteiger partial charge in [-0.1, -0.05) is 22.7 Å². The van der Waals surface area contributed by atoms with E-state index in [-0.39, 0.29) is 30.7 Å². The molecule has 1 aromatic carbocycles. The fourth-order valence-electron chi connectivity index (χ4n) is 4.85. The van der Waals surface area contributed by atoms with Gasteiger partial charge in [0.2, 0.25) is 21.8 Å². The van der Waals surface area contributed by atoms with E-state index < -0.39 is 10.0 Å². The maximum absolute atomic E-state index is 12.7. The predicted octanol–water partition coefficient (Wildman–Crippen LogP) is 2.54. The summed E-state index contributed by atoms with van der Waals surface area (Å²) in [7, 11) is -3.22. The van der Waals surface area contributed by atoms with Crippen LogP contribution in [0.3, 0.4) is 0 Å². The number of benzene rings is 1. The van der Waals surface area contributed by atoms with Crippen molar-refractivity contribution in [1.29, 1.82) is 0 Å². The van der Waals surface area contributed by atoms with E-state index in [1.54, 1.807) is 11.8 Å². The van der Waals surface area contributed by atoms with E-state index in [2.05, 4.69) is 16.7 Å². The van der Waals surface area contributed by atoms with Gasteiger partial charge in [-0.2, -0.15) is 4.31 Å². The Hall–Kier alpha value is -2.55. The van der Waals surface area contributed by atoms with Crippen LogP contribution >= 0.6 is 22.7 Å². The van der Waals surface area contributed by atoms with Crippen LogP contribution in [0.4, 0.5) is 10.3 Å². The molecule has 0 atom stereocenters. The van der Waals surface area contributed by atoms with Gasteiger partial charge in [0.1, 0.15) is 0 Å². The Morgan fingerprint density at radius 3 is 1.84 bits per heavy atom. The van der Waals surface area contributed by atoms with Gasteiger partial charge < -0.3 is 20.4 Å². The summed E-state index contributed by atoms with van der Waals surface area (Å²) in [6, 6.07) is 2.06. The largest absolute Gasteiger partial charge is 0.352 e. The van der Waals surface area contributed by atoms with Gasteiger partial charge in [0.15, 0.2) is 10.3 Å². The van der Waals surface area contributed by atoms with E-state index in [1.165, 1.54) is 33.4 Å². The molecule has 2 aliphatic rings. The third kappa shape index (κ3) is 5.72. The zero-order valence-corrected chi connectivity index (χ0v) is 24.1. The number of aromatic nitrogens is 2. The molecule has 2 saturated heterocycles. The van der Waals surface area contributed by atoms with Crippen LogP contribution in [0.5, 0.6) is 0 Å². The van der Waals surface area contributed by atoms with Crippen LogP contribution in [0, 0.1) is 6.92 Å². The number of carbonyl (C=O) groups excluding carboxylic acids is 2. The summed E-state index contributed by atoms with van der Waals surface area (Å²) in [5.41, 5.74) is 2.67. The van der Waals surface area contributed by atoms with Gasteiger partial charge in [0.25, 0.3) is 0 Å². The highest BCUT2D eigenvalue weighted by atomic mass is 32.2. The number of hydrogen-bond acceptors (Lipinski definition) is 10. The van der Waals surface area contributed by atoms with Crippen LogP contribution < -0.4 is 10.6 Å². The van der Waals surface area contributed by atoms with Gasteiger partial charge in [-0.15, -0.1) is 0 Å². The summed E-state index contributed by atoms with van der Waals surface area (Å²) in [6.07, 6.45) is 3.34. The van der Waals surface area contributed by atoms with Crippen LogP contribution in [0.1, 0.15) is 31.7 Å². The minimum Gasteiger partial charge on any atom is -0.352 e. The van der Waals surface area contributed by atoms with Crippen LogP contribution in [0.15, 0.2) is 6.07 Å². The number of amides is 2. The molecule has 0 aliphatic carbocycles. The van der Waals surface area contributed by atoms with Gasteiger partial charge in [-0.05, 0) is 39.2 Å².